The van der Waals surface area contributed by atoms with Crippen molar-refractivity contribution in [3.63, 3.8) is 0 Å². The summed E-state index contributed by atoms with van der Waals surface area (Å²) in [7, 11) is 1.37. The number of aliphatic hydroxyl groups excluding tert-OH is 2. The monoisotopic (exact) mass is 730 g/mol. The smallest absolute Gasteiger partial charge is 0.337 e. The van der Waals surface area contributed by atoms with Gasteiger partial charge in [-0.25, -0.2) is 9.78 Å². The number of methoxy groups -OCH3 is 1. The van der Waals surface area contributed by atoms with E-state index in [4.69, 9.17) is 14.7 Å². The summed E-state index contributed by atoms with van der Waals surface area (Å²) in [6, 6.07) is 15.5. The number of hydrogen-bond donors (Lipinski definition) is 4. The molecule has 286 valence electrons. The molecular formula is C46H58N4O4. The molecule has 0 radical (unpaired) electrons. The molecule has 0 amide bonds. The van der Waals surface area contributed by atoms with Crippen molar-refractivity contribution in [1.82, 2.24) is 19.9 Å². The molecule has 0 spiro atoms. The summed E-state index contributed by atoms with van der Waals surface area (Å²) in [5, 5.41) is 23.7. The summed E-state index contributed by atoms with van der Waals surface area (Å²) in [6.07, 6.45) is 17.8. The van der Waals surface area contributed by atoms with E-state index in [0.29, 0.717) is 28.9 Å². The molecule has 8 bridgehead atoms. The van der Waals surface area contributed by atoms with Crippen molar-refractivity contribution < 1.29 is 19.7 Å². The van der Waals surface area contributed by atoms with Crippen molar-refractivity contribution in [1.29, 1.82) is 0 Å². The van der Waals surface area contributed by atoms with E-state index in [9.17, 15) is 15.0 Å². The number of nitrogens with one attached hydrogen (secondary N) is 2. The third-order valence-electron chi connectivity index (χ3n) is 11.0. The number of H-pyrrole nitrogens is 2. The van der Waals surface area contributed by atoms with Crippen LogP contribution in [0.1, 0.15) is 160 Å². The molecule has 0 aliphatic carbocycles. The average Bonchev–Trinajstić information content (AvgIpc) is 4.02. The molecule has 6 rings (SSSR count). The van der Waals surface area contributed by atoms with E-state index in [-0.39, 0.29) is 0 Å². The molecule has 3 aromatic heterocycles. The predicted molar refractivity (Wildman–Crippen MR) is 220 cm³/mol. The lowest BCUT2D eigenvalue weighted by Gasteiger charge is -2.13. The number of benzene rings is 1. The number of aromatic amines is 2. The molecule has 0 saturated carbocycles. The number of aliphatic hydroxyl groups is 2. The Bertz CT molecular complexity index is 2090. The maximum absolute atomic E-state index is 12.4. The maximum atomic E-state index is 12.4. The van der Waals surface area contributed by atoms with E-state index in [2.05, 4.69) is 61.1 Å². The van der Waals surface area contributed by atoms with Gasteiger partial charge in [-0.3, -0.25) is 4.98 Å². The van der Waals surface area contributed by atoms with Crippen molar-refractivity contribution in [2.75, 3.05) is 7.11 Å². The van der Waals surface area contributed by atoms with Crippen LogP contribution < -0.4 is 0 Å². The largest absolute Gasteiger partial charge is 0.465 e. The fourth-order valence-corrected chi connectivity index (χ4v) is 7.89. The SMILES string of the molecule is CCCCCCc1c2nc(c(CCCCCC)c3ccc([nH]3)c(-c3ccc(C(=O)OC)cc3)c3nc(c(CCCCCC)c4ccc1[nH]4)[C@@H](O)[C@H]3O)C=C2. The second-order valence-electron chi connectivity index (χ2n) is 14.9. The molecule has 0 unspecified atom stereocenters. The number of aryl methyl sites for hydroxylation is 3. The first-order chi connectivity index (χ1) is 26.4. The molecule has 4 N–H and O–H groups in total. The average molecular weight is 731 g/mol. The first-order valence-electron chi connectivity index (χ1n) is 20.4. The molecule has 1 aromatic carbocycles. The van der Waals surface area contributed by atoms with Crippen LogP contribution in [0.15, 0.2) is 48.5 Å². The van der Waals surface area contributed by atoms with Crippen molar-refractivity contribution in [3.8, 4) is 11.1 Å². The van der Waals surface area contributed by atoms with Gasteiger partial charge < -0.3 is 24.9 Å². The topological polar surface area (TPSA) is 124 Å². The zero-order valence-electron chi connectivity index (χ0n) is 32.6. The van der Waals surface area contributed by atoms with Crippen LogP contribution in [-0.2, 0) is 24.0 Å². The van der Waals surface area contributed by atoms with Crippen molar-refractivity contribution in [2.24, 2.45) is 0 Å². The summed E-state index contributed by atoms with van der Waals surface area (Å²) < 4.78 is 4.97. The minimum Gasteiger partial charge on any atom is -0.465 e. The number of aromatic nitrogens is 4. The molecule has 8 heteroatoms. The first kappa shape index (κ1) is 39.2. The molecule has 5 heterocycles. The van der Waals surface area contributed by atoms with E-state index >= 15 is 0 Å². The summed E-state index contributed by atoms with van der Waals surface area (Å²) in [5.74, 6) is -0.422. The Morgan fingerprint density at radius 2 is 1.06 bits per heavy atom. The fraction of sp³-hybridized carbons (Fsp3) is 0.457. The van der Waals surface area contributed by atoms with Gasteiger partial charge in [0.15, 0.2) is 0 Å². The van der Waals surface area contributed by atoms with Gasteiger partial charge in [-0.05, 0) is 98.2 Å². The number of ether oxygens (including phenoxy) is 1. The quantitative estimate of drug-likeness (QED) is 0.0558. The molecule has 2 aliphatic heterocycles. The molecule has 54 heavy (non-hydrogen) atoms. The van der Waals surface area contributed by atoms with Crippen LogP contribution in [0.2, 0.25) is 0 Å². The highest BCUT2D eigenvalue weighted by Crippen LogP contribution is 2.41. The number of nitrogens with zero attached hydrogens (tertiary/aromatic N) is 2. The Kier molecular flexibility index (Phi) is 13.5. The number of carbonyl (C=O) groups is 1. The molecule has 8 nitrogen and oxygen atoms in total. The zero-order chi connectivity index (χ0) is 38.0. The number of hydrogen-bond acceptors (Lipinski definition) is 6. The van der Waals surface area contributed by atoms with Crippen LogP contribution >= 0.6 is 0 Å². The second-order valence-corrected chi connectivity index (χ2v) is 14.9. The second kappa shape index (κ2) is 18.7. The van der Waals surface area contributed by atoms with Gasteiger partial charge >= 0.3 is 5.97 Å². The minimum absolute atomic E-state index is 0.392. The number of carbonyl (C=O) groups excluding carboxylic acids is 1. The minimum atomic E-state index is -1.25. The highest BCUT2D eigenvalue weighted by Gasteiger charge is 2.34. The van der Waals surface area contributed by atoms with Crippen LogP contribution in [0, 0.1) is 0 Å². The van der Waals surface area contributed by atoms with Gasteiger partial charge in [-0.15, -0.1) is 0 Å². The summed E-state index contributed by atoms with van der Waals surface area (Å²) >= 11 is 0. The third kappa shape index (κ3) is 8.71. The summed E-state index contributed by atoms with van der Waals surface area (Å²) in [4.78, 5) is 30.3. The van der Waals surface area contributed by atoms with Gasteiger partial charge in [-0.1, -0.05) is 90.7 Å². The Balaban J connectivity index is 1.68. The Hall–Kier alpha value is -4.53. The highest BCUT2D eigenvalue weighted by molar-refractivity contribution is 5.91. The van der Waals surface area contributed by atoms with Crippen molar-refractivity contribution in [2.45, 2.75) is 129 Å². The first-order valence-corrected chi connectivity index (χ1v) is 20.4. The predicted octanol–water partition coefficient (Wildman–Crippen LogP) is 11.1. The third-order valence-corrected chi connectivity index (χ3v) is 11.0. The Morgan fingerprint density at radius 3 is 1.57 bits per heavy atom. The number of rotatable bonds is 17. The lowest BCUT2D eigenvalue weighted by Crippen LogP contribution is -2.06. The number of unbranched alkanes of at least 4 members (excludes halogenated alkanes) is 9. The van der Waals surface area contributed by atoms with Crippen LogP contribution in [-0.4, -0.2) is 43.2 Å². The molecule has 2 aliphatic rings. The van der Waals surface area contributed by atoms with Gasteiger partial charge in [0.25, 0.3) is 0 Å². The standard InChI is InChI=1S/C46H58N4O4/c1-5-8-11-14-17-32-35-24-25-36(47-35)33(18-15-12-9-6-2)38-28-29-40(49-38)41(30-20-22-31(23-21-30)46(53)54-4)43-45(52)44(51)42(50-43)34(19-16-13-10-7-3)39-27-26-37(32)48-39/h20-29,44-45,48-49,51-52H,5-19H2,1-4H3/t44-,45+/m1/s1. The van der Waals surface area contributed by atoms with Crippen molar-refractivity contribution >= 4 is 40.2 Å². The molecule has 2 atom stereocenters. The van der Waals surface area contributed by atoms with Crippen LogP contribution in [0.5, 0.6) is 0 Å². The molecule has 4 aromatic rings. The summed E-state index contributed by atoms with van der Waals surface area (Å²) in [5.41, 5.74) is 11.7. The lowest BCUT2D eigenvalue weighted by atomic mass is 9.97. The van der Waals surface area contributed by atoms with Crippen LogP contribution in [0.3, 0.4) is 0 Å². The Labute approximate surface area is 320 Å². The van der Waals surface area contributed by atoms with Crippen LogP contribution in [0.4, 0.5) is 0 Å². The number of fused-ring (bicyclic) bond motifs is 8. The maximum Gasteiger partial charge on any atom is 0.337 e. The normalized spacial score (nSPS) is 15.2. The van der Waals surface area contributed by atoms with Crippen molar-refractivity contribution in [3.05, 3.63) is 93.6 Å². The zero-order valence-corrected chi connectivity index (χ0v) is 32.6. The van der Waals surface area contributed by atoms with Gasteiger partial charge in [-0.2, -0.15) is 0 Å². The molecular weight excluding hydrogens is 673 g/mol. The molecule has 0 saturated heterocycles. The number of esters is 1. The Morgan fingerprint density at radius 1 is 0.593 bits per heavy atom. The van der Waals surface area contributed by atoms with Gasteiger partial charge in [0, 0.05) is 38.8 Å². The van der Waals surface area contributed by atoms with E-state index in [0.717, 1.165) is 114 Å². The lowest BCUT2D eigenvalue weighted by molar-refractivity contribution is 0.0252. The highest BCUT2D eigenvalue weighted by atomic mass is 16.5. The molecule has 0 fully saturated rings. The van der Waals surface area contributed by atoms with E-state index < -0.39 is 18.2 Å². The van der Waals surface area contributed by atoms with Gasteiger partial charge in [0.05, 0.1) is 35.4 Å². The summed E-state index contributed by atoms with van der Waals surface area (Å²) in [6.45, 7) is 6.67. The van der Waals surface area contributed by atoms with E-state index in [1.54, 1.807) is 12.1 Å². The van der Waals surface area contributed by atoms with Gasteiger partial charge in [0.2, 0.25) is 0 Å². The van der Waals surface area contributed by atoms with E-state index in [1.165, 1.54) is 38.4 Å². The fourth-order valence-electron chi connectivity index (χ4n) is 7.89. The van der Waals surface area contributed by atoms with Gasteiger partial charge in [0.1, 0.15) is 12.2 Å². The van der Waals surface area contributed by atoms with Crippen LogP contribution in [0.25, 0.3) is 45.3 Å². The van der Waals surface area contributed by atoms with E-state index in [1.807, 2.05) is 18.2 Å².